The van der Waals surface area contributed by atoms with E-state index in [0.717, 1.165) is 49.3 Å². The second-order valence-electron chi connectivity index (χ2n) is 8.17. The minimum absolute atomic E-state index is 0.00108. The molecule has 0 radical (unpaired) electrons. The quantitative estimate of drug-likeness (QED) is 0.0902. The zero-order chi connectivity index (χ0) is 26.8. The van der Waals surface area contributed by atoms with Crippen LogP contribution in [0.4, 0.5) is 0 Å². The summed E-state index contributed by atoms with van der Waals surface area (Å²) in [6.07, 6.45) is 6.51. The van der Waals surface area contributed by atoms with Crippen LogP contribution < -0.4 is 10.6 Å². The van der Waals surface area contributed by atoms with Crippen molar-refractivity contribution < 1.29 is 40.9 Å². The number of rotatable bonds is 22. The van der Waals surface area contributed by atoms with Crippen LogP contribution >= 0.6 is 47.5 Å². The molecule has 0 saturated heterocycles. The number of hydrogen-bond donors (Lipinski definition) is 8. The maximum absolute atomic E-state index is 9.62. The van der Waals surface area contributed by atoms with Gasteiger partial charge in [0.15, 0.2) is 0 Å². The monoisotopic (exact) mass is 622 g/mol. The van der Waals surface area contributed by atoms with Gasteiger partial charge in [-0.2, -0.15) is 0 Å². The van der Waals surface area contributed by atoms with Gasteiger partial charge in [-0.1, -0.05) is 71.8 Å². The summed E-state index contributed by atoms with van der Waals surface area (Å²) in [6, 6.07) is 8.40. The Labute approximate surface area is 223 Å². The summed E-state index contributed by atoms with van der Waals surface area (Å²) in [5.41, 5.74) is 0. The fourth-order valence-corrected chi connectivity index (χ4v) is 17.0. The van der Waals surface area contributed by atoms with E-state index in [2.05, 4.69) is 12.1 Å². The van der Waals surface area contributed by atoms with Crippen LogP contribution in [0.3, 0.4) is 0 Å². The van der Waals surface area contributed by atoms with Gasteiger partial charge in [0, 0.05) is 0 Å². The maximum Gasteiger partial charge on any atom is 0.0646 e. The van der Waals surface area contributed by atoms with Crippen molar-refractivity contribution in [2.45, 2.75) is 0 Å². The Balaban J connectivity index is 3.27. The molecular weight excluding hydrogens is 578 g/mol. The molecule has 0 aliphatic rings. The Bertz CT molecular complexity index is 576. The highest BCUT2D eigenvalue weighted by Gasteiger charge is 2.24. The second kappa shape index (κ2) is 22.2. The summed E-state index contributed by atoms with van der Waals surface area (Å²) >= 11 is 0. The first-order valence-electron chi connectivity index (χ1n) is 11.9. The molecule has 1 aromatic rings. The van der Waals surface area contributed by atoms with Gasteiger partial charge in [0.2, 0.25) is 0 Å². The predicted molar refractivity (Wildman–Crippen MR) is 163 cm³/mol. The zero-order valence-electron chi connectivity index (χ0n) is 20.9. The van der Waals surface area contributed by atoms with Crippen LogP contribution in [-0.2, 0) is 0 Å². The average molecular weight is 622 g/mol. The molecule has 14 heteroatoms. The van der Waals surface area contributed by atoms with Crippen molar-refractivity contribution >= 4 is 58.1 Å². The molecular formula is C22H44O8P6. The van der Waals surface area contributed by atoms with E-state index in [-0.39, 0.29) is 50.8 Å². The van der Waals surface area contributed by atoms with Gasteiger partial charge < -0.3 is 40.9 Å². The Hall–Kier alpha value is 1.48. The van der Waals surface area contributed by atoms with Gasteiger partial charge in [0.05, 0.1) is 50.8 Å². The Morgan fingerprint density at radius 1 is 0.361 bits per heavy atom. The highest BCUT2D eigenvalue weighted by molar-refractivity contribution is 7.74. The number of aliphatic hydroxyl groups is 8. The van der Waals surface area contributed by atoms with Crippen LogP contribution in [-0.4, -0.2) is 141 Å². The SMILES string of the molecule is OCP(CO)CCP(CCP(CO)CO)c1ccccc1P(CCP(CO)CO)CCP(CO)CO. The molecule has 0 bridgehead atoms. The highest BCUT2D eigenvalue weighted by atomic mass is 31.1. The second-order valence-corrected chi connectivity index (χ2v) is 22.5. The molecule has 0 atom stereocenters. The lowest BCUT2D eigenvalue weighted by molar-refractivity contribution is 0.343. The van der Waals surface area contributed by atoms with Crippen molar-refractivity contribution in [3.05, 3.63) is 24.3 Å². The molecule has 36 heavy (non-hydrogen) atoms. The largest absolute Gasteiger partial charge is 0.392 e. The summed E-state index contributed by atoms with van der Waals surface area (Å²) in [6.45, 7) is 0. The van der Waals surface area contributed by atoms with Crippen molar-refractivity contribution in [1.29, 1.82) is 0 Å². The van der Waals surface area contributed by atoms with E-state index in [9.17, 15) is 40.9 Å². The van der Waals surface area contributed by atoms with E-state index in [4.69, 9.17) is 0 Å². The molecule has 0 fully saturated rings. The normalized spacial score (nSPS) is 12.4. The molecule has 0 amide bonds. The van der Waals surface area contributed by atoms with Crippen LogP contribution in [0.15, 0.2) is 24.3 Å². The zero-order valence-corrected chi connectivity index (χ0v) is 26.3. The Morgan fingerprint density at radius 3 is 0.778 bits per heavy atom. The fourth-order valence-electron chi connectivity index (χ4n) is 3.50. The molecule has 0 heterocycles. The first kappa shape index (κ1) is 35.5. The molecule has 0 aromatic heterocycles. The van der Waals surface area contributed by atoms with E-state index in [1.54, 1.807) is 0 Å². The van der Waals surface area contributed by atoms with Gasteiger partial charge in [-0.3, -0.25) is 0 Å². The van der Waals surface area contributed by atoms with E-state index in [0.29, 0.717) is 0 Å². The van der Waals surface area contributed by atoms with Crippen LogP contribution in [0.1, 0.15) is 0 Å². The van der Waals surface area contributed by atoms with Crippen LogP contribution in [0.25, 0.3) is 0 Å². The van der Waals surface area contributed by atoms with Crippen LogP contribution in [0, 0.1) is 0 Å². The predicted octanol–water partition coefficient (Wildman–Crippen LogP) is 1.43. The van der Waals surface area contributed by atoms with E-state index < -0.39 is 47.5 Å². The van der Waals surface area contributed by atoms with Crippen molar-refractivity contribution in [2.24, 2.45) is 0 Å². The molecule has 0 aliphatic carbocycles. The Kier molecular flexibility index (Phi) is 21.9. The lowest BCUT2D eigenvalue weighted by atomic mass is 10.4. The molecule has 1 aromatic carbocycles. The van der Waals surface area contributed by atoms with E-state index in [1.807, 2.05) is 12.1 Å². The lowest BCUT2D eigenvalue weighted by Crippen LogP contribution is -2.27. The third-order valence-electron chi connectivity index (χ3n) is 5.91. The minimum atomic E-state index is -0.844. The number of benzene rings is 1. The molecule has 1 rings (SSSR count). The Morgan fingerprint density at radius 2 is 0.583 bits per heavy atom. The molecule has 8 N–H and O–H groups in total. The smallest absolute Gasteiger partial charge is 0.0646 e. The van der Waals surface area contributed by atoms with Gasteiger partial charge in [-0.25, -0.2) is 0 Å². The summed E-state index contributed by atoms with van der Waals surface area (Å²) < 4.78 is 0. The van der Waals surface area contributed by atoms with Gasteiger partial charge >= 0.3 is 0 Å². The van der Waals surface area contributed by atoms with Crippen molar-refractivity contribution in [2.75, 3.05) is 100 Å². The van der Waals surface area contributed by atoms with Gasteiger partial charge in [0.1, 0.15) is 0 Å². The van der Waals surface area contributed by atoms with Crippen molar-refractivity contribution in [3.8, 4) is 0 Å². The molecule has 210 valence electrons. The fraction of sp³-hybridized carbons (Fsp3) is 0.727. The number of aliphatic hydroxyl groups excluding tert-OH is 8. The third-order valence-corrected chi connectivity index (χ3v) is 19.3. The van der Waals surface area contributed by atoms with E-state index >= 15 is 0 Å². The molecule has 0 saturated carbocycles. The van der Waals surface area contributed by atoms with Gasteiger partial charge in [-0.15, -0.1) is 0 Å². The summed E-state index contributed by atoms with van der Waals surface area (Å²) in [7, 11) is -4.67. The summed E-state index contributed by atoms with van der Waals surface area (Å²) in [5.74, 6) is 0. The average Bonchev–Trinajstić information content (AvgIpc) is 2.92. The molecule has 0 unspecified atom stereocenters. The van der Waals surface area contributed by atoms with Crippen LogP contribution in [0.5, 0.6) is 0 Å². The van der Waals surface area contributed by atoms with Gasteiger partial charge in [0.25, 0.3) is 0 Å². The standard InChI is InChI=1S/C22H44O8P6/c23-13-31(14-24)5-9-35(10-6-32(15-25)16-26)21-3-1-2-4-22(21)36(11-7-33(17-27)18-28)12-8-34(19-29)20-30/h1-4,23-30H,5-20H2. The summed E-state index contributed by atoms with van der Waals surface area (Å²) in [5, 5.41) is 79.5. The van der Waals surface area contributed by atoms with E-state index in [1.165, 1.54) is 10.6 Å². The molecule has 0 aliphatic heterocycles. The minimum Gasteiger partial charge on any atom is -0.392 e. The lowest BCUT2D eigenvalue weighted by Gasteiger charge is -2.29. The molecule has 8 nitrogen and oxygen atoms in total. The molecule has 0 spiro atoms. The first-order chi connectivity index (χ1) is 17.5. The van der Waals surface area contributed by atoms with Crippen molar-refractivity contribution in [3.63, 3.8) is 0 Å². The van der Waals surface area contributed by atoms with Gasteiger partial charge in [-0.05, 0) is 59.9 Å². The van der Waals surface area contributed by atoms with Crippen molar-refractivity contribution in [1.82, 2.24) is 0 Å². The highest BCUT2D eigenvalue weighted by Crippen LogP contribution is 2.48. The topological polar surface area (TPSA) is 162 Å². The summed E-state index contributed by atoms with van der Waals surface area (Å²) in [4.78, 5) is 0. The first-order valence-corrected chi connectivity index (χ1v) is 22.9. The van der Waals surface area contributed by atoms with Crippen LogP contribution in [0.2, 0.25) is 0 Å². The number of hydrogen-bond acceptors (Lipinski definition) is 8. The maximum atomic E-state index is 9.62. The third kappa shape index (κ3) is 13.2.